The van der Waals surface area contributed by atoms with E-state index in [1.54, 1.807) is 30.6 Å². The largest absolute Gasteiger partial charge is 0.352 e. The summed E-state index contributed by atoms with van der Waals surface area (Å²) in [4.78, 5) is 19.3. The molecule has 1 aromatic heterocycles. The number of fused-ring (bicyclic) bond motifs is 1. The van der Waals surface area contributed by atoms with Gasteiger partial charge in [-0.05, 0) is 36.2 Å². The molecular formula is C16H14ClN3O. The topological polar surface area (TPSA) is 57.8 Å². The van der Waals surface area contributed by atoms with Crippen molar-refractivity contribution in [2.75, 3.05) is 6.54 Å². The number of carbonyl (C=O) groups is 1. The molecule has 21 heavy (non-hydrogen) atoms. The van der Waals surface area contributed by atoms with Crippen LogP contribution in [0.5, 0.6) is 0 Å². The molecule has 0 unspecified atom stereocenters. The van der Waals surface area contributed by atoms with Crippen LogP contribution in [0.4, 0.5) is 0 Å². The summed E-state index contributed by atoms with van der Waals surface area (Å²) in [6.45, 7) is 0.559. The predicted octanol–water partition coefficient (Wildman–Crippen LogP) is 3.19. The Balaban J connectivity index is 1.60. The Hall–Kier alpha value is -2.33. The van der Waals surface area contributed by atoms with Gasteiger partial charge >= 0.3 is 0 Å². The van der Waals surface area contributed by atoms with Crippen LogP contribution in [0.25, 0.3) is 11.0 Å². The van der Waals surface area contributed by atoms with Gasteiger partial charge in [0.2, 0.25) is 0 Å². The van der Waals surface area contributed by atoms with E-state index in [0.717, 1.165) is 23.0 Å². The summed E-state index contributed by atoms with van der Waals surface area (Å²) >= 11 is 6.00. The maximum absolute atomic E-state index is 12.0. The van der Waals surface area contributed by atoms with Gasteiger partial charge in [0.25, 0.3) is 5.91 Å². The molecule has 0 saturated carbocycles. The summed E-state index contributed by atoms with van der Waals surface area (Å²) in [5.74, 6) is -0.150. The Kier molecular flexibility index (Phi) is 3.88. The van der Waals surface area contributed by atoms with Gasteiger partial charge in [0, 0.05) is 6.54 Å². The van der Waals surface area contributed by atoms with Crippen LogP contribution in [-0.2, 0) is 6.42 Å². The van der Waals surface area contributed by atoms with E-state index < -0.39 is 0 Å². The highest BCUT2D eigenvalue weighted by Gasteiger charge is 2.08. The molecule has 2 aromatic carbocycles. The third kappa shape index (κ3) is 3.06. The molecule has 0 radical (unpaired) electrons. The van der Waals surface area contributed by atoms with Crippen LogP contribution >= 0.6 is 11.6 Å². The summed E-state index contributed by atoms with van der Waals surface area (Å²) in [6.07, 6.45) is 2.43. The third-order valence-corrected chi connectivity index (χ3v) is 3.63. The van der Waals surface area contributed by atoms with Crippen molar-refractivity contribution < 1.29 is 4.79 Å². The van der Waals surface area contributed by atoms with E-state index in [1.165, 1.54) is 0 Å². The maximum Gasteiger partial charge on any atom is 0.252 e. The molecule has 0 aliphatic heterocycles. The number of amides is 1. The number of hydrogen-bond acceptors (Lipinski definition) is 2. The van der Waals surface area contributed by atoms with E-state index >= 15 is 0 Å². The number of nitrogens with zero attached hydrogens (tertiary/aromatic N) is 1. The fourth-order valence-corrected chi connectivity index (χ4v) is 2.42. The van der Waals surface area contributed by atoms with Crippen molar-refractivity contribution in [1.82, 2.24) is 15.3 Å². The quantitative estimate of drug-likeness (QED) is 0.777. The van der Waals surface area contributed by atoms with Gasteiger partial charge in [-0.3, -0.25) is 4.79 Å². The van der Waals surface area contributed by atoms with Crippen LogP contribution in [0.1, 0.15) is 15.9 Å². The highest BCUT2D eigenvalue weighted by atomic mass is 35.5. The lowest BCUT2D eigenvalue weighted by atomic mass is 10.1. The van der Waals surface area contributed by atoms with Gasteiger partial charge in [-0.15, -0.1) is 0 Å². The first-order valence-corrected chi connectivity index (χ1v) is 7.06. The fourth-order valence-electron chi connectivity index (χ4n) is 2.20. The molecule has 3 aromatic rings. The van der Waals surface area contributed by atoms with E-state index in [4.69, 9.17) is 11.6 Å². The minimum Gasteiger partial charge on any atom is -0.352 e. The normalized spacial score (nSPS) is 10.7. The molecule has 106 valence electrons. The summed E-state index contributed by atoms with van der Waals surface area (Å²) in [5, 5.41) is 3.35. The Morgan fingerprint density at radius 2 is 2.10 bits per heavy atom. The molecule has 0 aliphatic rings. The van der Waals surface area contributed by atoms with Crippen molar-refractivity contribution in [1.29, 1.82) is 0 Å². The number of hydrogen-bond donors (Lipinski definition) is 2. The van der Waals surface area contributed by atoms with Crippen molar-refractivity contribution in [3.63, 3.8) is 0 Å². The van der Waals surface area contributed by atoms with E-state index in [1.807, 2.05) is 18.2 Å². The average Bonchev–Trinajstić information content (AvgIpc) is 2.95. The number of halogens is 1. The number of H-pyrrole nitrogens is 1. The molecule has 4 nitrogen and oxygen atoms in total. The number of rotatable bonds is 4. The van der Waals surface area contributed by atoms with Crippen molar-refractivity contribution in [2.24, 2.45) is 0 Å². The van der Waals surface area contributed by atoms with Crippen molar-refractivity contribution in [2.45, 2.75) is 6.42 Å². The fraction of sp³-hybridized carbons (Fsp3) is 0.125. The van der Waals surface area contributed by atoms with Gasteiger partial charge < -0.3 is 10.3 Å². The number of benzene rings is 2. The highest BCUT2D eigenvalue weighted by molar-refractivity contribution is 6.33. The van der Waals surface area contributed by atoms with E-state index in [0.29, 0.717) is 17.1 Å². The zero-order valence-corrected chi connectivity index (χ0v) is 12.0. The smallest absolute Gasteiger partial charge is 0.252 e. The zero-order chi connectivity index (χ0) is 14.7. The van der Waals surface area contributed by atoms with Crippen LogP contribution in [-0.4, -0.2) is 22.4 Å². The molecule has 0 fully saturated rings. The molecule has 5 heteroatoms. The highest BCUT2D eigenvalue weighted by Crippen LogP contribution is 2.15. The summed E-state index contributed by atoms with van der Waals surface area (Å²) in [7, 11) is 0. The molecule has 2 N–H and O–H groups in total. The maximum atomic E-state index is 12.0. The Bertz CT molecular complexity index is 782. The molecule has 0 aliphatic carbocycles. The van der Waals surface area contributed by atoms with E-state index in [-0.39, 0.29) is 5.91 Å². The number of carbonyl (C=O) groups excluding carboxylic acids is 1. The summed E-state index contributed by atoms with van der Waals surface area (Å²) < 4.78 is 0. The Morgan fingerprint density at radius 3 is 2.95 bits per heavy atom. The van der Waals surface area contributed by atoms with E-state index in [9.17, 15) is 4.79 Å². The molecule has 1 amide bonds. The third-order valence-electron chi connectivity index (χ3n) is 3.30. The van der Waals surface area contributed by atoms with Crippen LogP contribution in [0.3, 0.4) is 0 Å². The summed E-state index contributed by atoms with van der Waals surface area (Å²) in [6, 6.07) is 13.1. The second-order valence-electron chi connectivity index (χ2n) is 4.74. The van der Waals surface area contributed by atoms with Crippen molar-refractivity contribution in [3.8, 4) is 0 Å². The lowest BCUT2D eigenvalue weighted by Crippen LogP contribution is -2.25. The van der Waals surface area contributed by atoms with Crippen LogP contribution < -0.4 is 5.32 Å². The number of aromatic nitrogens is 2. The minimum absolute atomic E-state index is 0.150. The predicted molar refractivity (Wildman–Crippen MR) is 83.6 cm³/mol. The molecule has 3 rings (SSSR count). The number of nitrogens with one attached hydrogen (secondary N) is 2. The SMILES string of the molecule is O=C(NCCc1ccc2nc[nH]c2c1)c1ccccc1Cl. The number of aromatic amines is 1. The monoisotopic (exact) mass is 299 g/mol. The first-order chi connectivity index (χ1) is 10.2. The van der Waals surface area contributed by atoms with Gasteiger partial charge in [0.05, 0.1) is 27.9 Å². The molecule has 0 saturated heterocycles. The molecular weight excluding hydrogens is 286 g/mol. The van der Waals surface area contributed by atoms with Gasteiger partial charge in [0.1, 0.15) is 0 Å². The molecule has 1 heterocycles. The minimum atomic E-state index is -0.150. The molecule has 0 bridgehead atoms. The first kappa shape index (κ1) is 13.6. The standard InChI is InChI=1S/C16H14ClN3O/c17-13-4-2-1-3-12(13)16(21)18-8-7-11-5-6-14-15(9-11)20-10-19-14/h1-6,9-10H,7-8H2,(H,18,21)(H,19,20). The van der Waals surface area contributed by atoms with Gasteiger partial charge in [-0.25, -0.2) is 4.98 Å². The van der Waals surface area contributed by atoms with Gasteiger partial charge in [-0.1, -0.05) is 29.8 Å². The van der Waals surface area contributed by atoms with Crippen LogP contribution in [0.2, 0.25) is 5.02 Å². The van der Waals surface area contributed by atoms with Gasteiger partial charge in [-0.2, -0.15) is 0 Å². The second-order valence-corrected chi connectivity index (χ2v) is 5.15. The lowest BCUT2D eigenvalue weighted by molar-refractivity contribution is 0.0954. The average molecular weight is 300 g/mol. The molecule has 0 atom stereocenters. The lowest BCUT2D eigenvalue weighted by Gasteiger charge is -2.06. The van der Waals surface area contributed by atoms with Crippen LogP contribution in [0, 0.1) is 0 Å². The first-order valence-electron chi connectivity index (χ1n) is 6.69. The van der Waals surface area contributed by atoms with Crippen LogP contribution in [0.15, 0.2) is 48.8 Å². The van der Waals surface area contributed by atoms with Crippen molar-refractivity contribution in [3.05, 3.63) is 64.9 Å². The molecule has 0 spiro atoms. The number of imidazole rings is 1. The van der Waals surface area contributed by atoms with Gasteiger partial charge in [0.15, 0.2) is 0 Å². The van der Waals surface area contributed by atoms with Crippen molar-refractivity contribution >= 4 is 28.5 Å². The Labute approximate surface area is 127 Å². The zero-order valence-electron chi connectivity index (χ0n) is 11.3. The Morgan fingerprint density at radius 1 is 1.24 bits per heavy atom. The summed E-state index contributed by atoms with van der Waals surface area (Å²) in [5.41, 5.74) is 3.60. The second kappa shape index (κ2) is 5.97. The van der Waals surface area contributed by atoms with E-state index in [2.05, 4.69) is 15.3 Å².